The first-order valence-corrected chi connectivity index (χ1v) is 13.6. The van der Waals surface area contributed by atoms with Crippen LogP contribution in [0.1, 0.15) is 76.3 Å². The van der Waals surface area contributed by atoms with Gasteiger partial charge in [-0.25, -0.2) is 13.2 Å². The van der Waals surface area contributed by atoms with Crippen molar-refractivity contribution in [3.05, 3.63) is 28.2 Å². The summed E-state index contributed by atoms with van der Waals surface area (Å²) < 4.78 is 37.5. The molecule has 0 aliphatic heterocycles. The Morgan fingerprint density at radius 3 is 2.23 bits per heavy atom. The molecule has 0 radical (unpaired) electrons. The number of aryl methyl sites for hydroxylation is 1. The SMILES string of the molecule is CCCO[C@H]1CC[C@H](C2CCC(n3c(=O)oc4cc(C)c(S(C)(=O)=O)cc43)CC2)CC1. The standard InChI is InChI=1S/C24H35NO5S/c1-4-13-29-20-11-7-18(8-12-20)17-5-9-19(10-6-17)25-21-15-23(31(3,27)28)16(2)14-22(21)30-24(25)26/h14-15,17-20H,4-13H2,1-3H3/t17?,18-,19?,20-. The van der Waals surface area contributed by atoms with Gasteiger partial charge >= 0.3 is 5.76 Å². The number of ether oxygens (including phenoxy) is 1. The smallest absolute Gasteiger partial charge is 0.408 e. The molecule has 4 rings (SSSR count). The van der Waals surface area contributed by atoms with Crippen molar-refractivity contribution in [2.75, 3.05) is 12.9 Å². The fraction of sp³-hybridized carbons (Fsp3) is 0.708. The van der Waals surface area contributed by atoms with Crippen LogP contribution in [0, 0.1) is 18.8 Å². The number of sulfone groups is 1. The Bertz CT molecular complexity index is 1070. The van der Waals surface area contributed by atoms with Crippen LogP contribution in [0.4, 0.5) is 0 Å². The lowest BCUT2D eigenvalue weighted by Gasteiger charge is -2.37. The summed E-state index contributed by atoms with van der Waals surface area (Å²) in [5.74, 6) is 1.10. The van der Waals surface area contributed by atoms with Crippen LogP contribution in [0.2, 0.25) is 0 Å². The number of fused-ring (bicyclic) bond motifs is 1. The largest absolute Gasteiger partial charge is 0.420 e. The minimum absolute atomic E-state index is 0.0735. The fourth-order valence-electron chi connectivity index (χ4n) is 5.75. The Morgan fingerprint density at radius 2 is 1.65 bits per heavy atom. The van der Waals surface area contributed by atoms with Crippen LogP contribution in [0.5, 0.6) is 0 Å². The molecule has 2 fully saturated rings. The second-order valence-electron chi connectivity index (χ2n) is 9.57. The van der Waals surface area contributed by atoms with Crippen molar-refractivity contribution in [1.82, 2.24) is 4.57 Å². The van der Waals surface area contributed by atoms with Crippen molar-refractivity contribution < 1.29 is 17.6 Å². The molecule has 31 heavy (non-hydrogen) atoms. The molecule has 0 saturated heterocycles. The van der Waals surface area contributed by atoms with Crippen LogP contribution in [-0.2, 0) is 14.6 Å². The van der Waals surface area contributed by atoms with E-state index in [0.717, 1.165) is 44.6 Å². The molecule has 1 aromatic carbocycles. The molecule has 1 heterocycles. The van der Waals surface area contributed by atoms with Crippen LogP contribution >= 0.6 is 0 Å². The van der Waals surface area contributed by atoms with Gasteiger partial charge in [0.15, 0.2) is 15.4 Å². The van der Waals surface area contributed by atoms with Gasteiger partial charge in [-0.2, -0.15) is 0 Å². The Labute approximate surface area is 184 Å². The van der Waals surface area contributed by atoms with E-state index in [4.69, 9.17) is 9.15 Å². The van der Waals surface area contributed by atoms with Gasteiger partial charge in [0.1, 0.15) is 0 Å². The first kappa shape index (κ1) is 22.6. The van der Waals surface area contributed by atoms with Crippen molar-refractivity contribution in [2.45, 2.75) is 88.7 Å². The molecule has 172 valence electrons. The number of hydrogen-bond donors (Lipinski definition) is 0. The summed E-state index contributed by atoms with van der Waals surface area (Å²) in [6.07, 6.45) is 11.7. The average molecular weight is 450 g/mol. The second kappa shape index (κ2) is 9.10. The molecule has 2 aliphatic rings. The predicted molar refractivity (Wildman–Crippen MR) is 121 cm³/mol. The van der Waals surface area contributed by atoms with Gasteiger partial charge in [0.05, 0.1) is 16.5 Å². The van der Waals surface area contributed by atoms with Crippen molar-refractivity contribution in [3.63, 3.8) is 0 Å². The molecule has 2 saturated carbocycles. The molecular formula is C24H35NO5S. The maximum atomic E-state index is 12.6. The average Bonchev–Trinajstić information content (AvgIpc) is 3.06. The Hall–Kier alpha value is -1.60. The highest BCUT2D eigenvalue weighted by atomic mass is 32.2. The normalized spacial score (nSPS) is 27.6. The summed E-state index contributed by atoms with van der Waals surface area (Å²) in [6.45, 7) is 4.76. The molecule has 0 N–H and O–H groups in total. The minimum atomic E-state index is -3.36. The van der Waals surface area contributed by atoms with Crippen LogP contribution < -0.4 is 5.76 Å². The van der Waals surface area contributed by atoms with E-state index in [2.05, 4.69) is 6.92 Å². The highest BCUT2D eigenvalue weighted by Crippen LogP contribution is 2.42. The zero-order valence-corrected chi connectivity index (χ0v) is 19.7. The molecular weight excluding hydrogens is 414 g/mol. The second-order valence-corrected chi connectivity index (χ2v) is 11.6. The van der Waals surface area contributed by atoms with Crippen LogP contribution in [0.25, 0.3) is 11.1 Å². The van der Waals surface area contributed by atoms with E-state index >= 15 is 0 Å². The highest BCUT2D eigenvalue weighted by Gasteiger charge is 2.33. The van der Waals surface area contributed by atoms with E-state index < -0.39 is 9.84 Å². The summed E-state index contributed by atoms with van der Waals surface area (Å²) in [7, 11) is -3.36. The van der Waals surface area contributed by atoms with E-state index in [1.54, 1.807) is 23.6 Å². The number of nitrogens with zero attached hydrogens (tertiary/aromatic N) is 1. The number of oxazole rings is 1. The molecule has 0 unspecified atom stereocenters. The van der Waals surface area contributed by atoms with Gasteiger partial charge in [0.2, 0.25) is 0 Å². The fourth-order valence-corrected chi connectivity index (χ4v) is 6.72. The molecule has 2 aromatic rings. The first-order valence-electron chi connectivity index (χ1n) is 11.7. The van der Waals surface area contributed by atoms with Crippen molar-refractivity contribution >= 4 is 20.9 Å². The van der Waals surface area contributed by atoms with E-state index in [1.807, 2.05) is 0 Å². The summed E-state index contributed by atoms with van der Waals surface area (Å²) in [6, 6.07) is 3.37. The lowest BCUT2D eigenvalue weighted by atomic mass is 9.72. The number of rotatable bonds is 6. The van der Waals surface area contributed by atoms with Crippen LogP contribution in [0.3, 0.4) is 0 Å². The van der Waals surface area contributed by atoms with Gasteiger partial charge in [-0.15, -0.1) is 0 Å². The van der Waals surface area contributed by atoms with Crippen LogP contribution in [0.15, 0.2) is 26.2 Å². The van der Waals surface area contributed by atoms with Gasteiger partial charge in [-0.1, -0.05) is 6.92 Å². The van der Waals surface area contributed by atoms with Gasteiger partial charge in [-0.05, 0) is 94.2 Å². The summed E-state index contributed by atoms with van der Waals surface area (Å²) >= 11 is 0. The third-order valence-electron chi connectivity index (χ3n) is 7.36. The van der Waals surface area contributed by atoms with Crippen molar-refractivity contribution in [3.8, 4) is 0 Å². The third-order valence-corrected chi connectivity index (χ3v) is 8.60. The maximum Gasteiger partial charge on any atom is 0.420 e. The van der Waals surface area contributed by atoms with Crippen molar-refractivity contribution in [1.29, 1.82) is 0 Å². The zero-order valence-electron chi connectivity index (χ0n) is 18.9. The zero-order chi connectivity index (χ0) is 22.2. The van der Waals surface area contributed by atoms with Gasteiger partial charge in [0, 0.05) is 18.9 Å². The lowest BCUT2D eigenvalue weighted by molar-refractivity contribution is 0.00756. The Balaban J connectivity index is 1.46. The number of hydrogen-bond acceptors (Lipinski definition) is 5. The number of aromatic nitrogens is 1. The van der Waals surface area contributed by atoms with Gasteiger partial charge in [0.25, 0.3) is 0 Å². The molecule has 1 aromatic heterocycles. The monoisotopic (exact) mass is 449 g/mol. The number of benzene rings is 1. The Kier molecular flexibility index (Phi) is 6.63. The van der Waals surface area contributed by atoms with E-state index in [9.17, 15) is 13.2 Å². The van der Waals surface area contributed by atoms with E-state index in [0.29, 0.717) is 28.7 Å². The van der Waals surface area contributed by atoms with Gasteiger partial charge < -0.3 is 9.15 Å². The molecule has 2 aliphatic carbocycles. The molecule has 6 nitrogen and oxygen atoms in total. The maximum absolute atomic E-state index is 12.6. The van der Waals surface area contributed by atoms with E-state index in [1.165, 1.54) is 31.9 Å². The predicted octanol–water partition coefficient (Wildman–Crippen LogP) is 5.02. The highest BCUT2D eigenvalue weighted by molar-refractivity contribution is 7.90. The summed E-state index contributed by atoms with van der Waals surface area (Å²) in [4.78, 5) is 12.9. The molecule has 7 heteroatoms. The quantitative estimate of drug-likeness (QED) is 0.618. The Morgan fingerprint density at radius 1 is 1.03 bits per heavy atom. The molecule has 0 bridgehead atoms. The van der Waals surface area contributed by atoms with Crippen molar-refractivity contribution in [2.24, 2.45) is 11.8 Å². The lowest BCUT2D eigenvalue weighted by Crippen LogP contribution is -2.31. The first-order chi connectivity index (χ1) is 14.8. The minimum Gasteiger partial charge on any atom is -0.408 e. The molecule has 0 amide bonds. The van der Waals surface area contributed by atoms with E-state index in [-0.39, 0.29) is 16.7 Å². The molecule has 0 atom stereocenters. The summed E-state index contributed by atoms with van der Waals surface area (Å²) in [5, 5.41) is 0. The summed E-state index contributed by atoms with van der Waals surface area (Å²) in [5.41, 5.74) is 1.69. The third kappa shape index (κ3) is 4.77. The topological polar surface area (TPSA) is 78.5 Å². The van der Waals surface area contributed by atoms with Gasteiger partial charge in [-0.3, -0.25) is 4.57 Å². The van der Waals surface area contributed by atoms with Crippen LogP contribution in [-0.4, -0.2) is 32.0 Å². The molecule has 0 spiro atoms.